The Hall–Kier alpha value is -1.10. The molecule has 0 saturated heterocycles. The van der Waals surface area contributed by atoms with Crippen LogP contribution < -0.4 is 0 Å². The lowest BCUT2D eigenvalue weighted by Crippen LogP contribution is -2.35. The zero-order valence-electron chi connectivity index (χ0n) is 10.7. The van der Waals surface area contributed by atoms with Crippen LogP contribution in [-0.4, -0.2) is 49.2 Å². The summed E-state index contributed by atoms with van der Waals surface area (Å²) >= 11 is 0. The molecule has 0 aliphatic carbocycles. The Morgan fingerprint density at radius 3 is 2.06 bits per heavy atom. The molecule has 0 aromatic carbocycles. The van der Waals surface area contributed by atoms with E-state index in [4.69, 9.17) is 9.47 Å². The zero-order valence-corrected chi connectivity index (χ0v) is 10.7. The quantitative estimate of drug-likeness (QED) is 0.656. The van der Waals surface area contributed by atoms with Gasteiger partial charge < -0.3 is 9.47 Å². The number of ether oxygens (including phenoxy) is 2. The number of carbonyl (C=O) groups excluding carboxylic acids is 2. The van der Waals surface area contributed by atoms with E-state index in [1.54, 1.807) is 39.6 Å². The van der Waals surface area contributed by atoms with Crippen LogP contribution in [0.15, 0.2) is 0 Å². The van der Waals surface area contributed by atoms with Gasteiger partial charge in [-0.25, -0.2) is 0 Å². The molecule has 5 heteroatoms. The monoisotopic (exact) mass is 231 g/mol. The molecule has 16 heavy (non-hydrogen) atoms. The van der Waals surface area contributed by atoms with E-state index >= 15 is 0 Å². The van der Waals surface area contributed by atoms with Crippen LogP contribution in [0.25, 0.3) is 0 Å². The number of hydrogen-bond donors (Lipinski definition) is 0. The van der Waals surface area contributed by atoms with Crippen LogP contribution in [0.2, 0.25) is 0 Å². The van der Waals surface area contributed by atoms with Crippen LogP contribution in [0.3, 0.4) is 0 Å². The van der Waals surface area contributed by atoms with Gasteiger partial charge in [0.25, 0.3) is 0 Å². The molecule has 0 N–H and O–H groups in total. The normalized spacial score (nSPS) is 11.4. The van der Waals surface area contributed by atoms with Gasteiger partial charge in [-0.15, -0.1) is 0 Å². The van der Waals surface area contributed by atoms with E-state index in [0.717, 1.165) is 0 Å². The average molecular weight is 231 g/mol. The Labute approximate surface area is 96.7 Å². The van der Waals surface area contributed by atoms with Gasteiger partial charge in [0.1, 0.15) is 5.60 Å². The molecule has 5 nitrogen and oxygen atoms in total. The molecular weight excluding hydrogens is 210 g/mol. The van der Waals surface area contributed by atoms with Crippen LogP contribution in [0.1, 0.15) is 27.7 Å². The van der Waals surface area contributed by atoms with Gasteiger partial charge in [0.05, 0.1) is 19.7 Å². The molecule has 0 spiro atoms. The summed E-state index contributed by atoms with van der Waals surface area (Å²) in [5.74, 6) is -0.687. The lowest BCUT2D eigenvalue weighted by molar-refractivity contribution is -0.156. The van der Waals surface area contributed by atoms with Crippen LogP contribution in [0, 0.1) is 0 Å². The van der Waals surface area contributed by atoms with Crippen molar-refractivity contribution >= 4 is 11.9 Å². The van der Waals surface area contributed by atoms with Crippen LogP contribution in [0.4, 0.5) is 0 Å². The van der Waals surface area contributed by atoms with Crippen molar-refractivity contribution in [2.45, 2.75) is 33.3 Å². The Bertz CT molecular complexity index is 245. The Balaban J connectivity index is 3.91. The molecule has 0 rings (SSSR count). The second kappa shape index (κ2) is 6.48. The maximum atomic E-state index is 11.4. The summed E-state index contributed by atoms with van der Waals surface area (Å²) in [5, 5.41) is 0. The summed E-state index contributed by atoms with van der Waals surface area (Å²) in [6.07, 6.45) is 0. The van der Waals surface area contributed by atoms with E-state index in [1.807, 2.05) is 0 Å². The lowest BCUT2D eigenvalue weighted by Gasteiger charge is -2.21. The molecule has 0 radical (unpaired) electrons. The number of carbonyl (C=O) groups is 2. The number of esters is 2. The van der Waals surface area contributed by atoms with E-state index in [9.17, 15) is 9.59 Å². The zero-order chi connectivity index (χ0) is 12.8. The molecule has 0 saturated carbocycles. The van der Waals surface area contributed by atoms with Crippen molar-refractivity contribution in [1.82, 2.24) is 4.90 Å². The predicted octanol–water partition coefficient (Wildman–Crippen LogP) is 0.823. The van der Waals surface area contributed by atoms with E-state index in [1.165, 1.54) is 0 Å². The molecule has 0 heterocycles. The molecule has 0 aliphatic heterocycles. The largest absolute Gasteiger partial charge is 0.465 e. The fourth-order valence-electron chi connectivity index (χ4n) is 1.08. The van der Waals surface area contributed by atoms with Crippen molar-refractivity contribution in [3.05, 3.63) is 0 Å². The number of hydrogen-bond acceptors (Lipinski definition) is 5. The second-order valence-corrected chi connectivity index (χ2v) is 4.56. The van der Waals surface area contributed by atoms with Gasteiger partial charge in [0.2, 0.25) is 0 Å². The molecule has 0 bridgehead atoms. The molecule has 0 aliphatic rings. The Kier molecular flexibility index (Phi) is 6.03. The topological polar surface area (TPSA) is 55.8 Å². The number of nitrogens with zero attached hydrogens (tertiary/aromatic N) is 1. The van der Waals surface area contributed by atoms with Gasteiger partial charge in [-0.3, -0.25) is 14.5 Å². The lowest BCUT2D eigenvalue weighted by atomic mass is 10.2. The summed E-state index contributed by atoms with van der Waals surface area (Å²) in [6, 6.07) is 0. The molecule has 0 amide bonds. The molecule has 0 aromatic heterocycles. The van der Waals surface area contributed by atoms with Gasteiger partial charge >= 0.3 is 11.9 Å². The molecule has 0 unspecified atom stereocenters. The summed E-state index contributed by atoms with van der Waals surface area (Å²) in [4.78, 5) is 24.1. The molecular formula is C11H21NO4. The average Bonchev–Trinajstić information content (AvgIpc) is 1.98. The first-order valence-electron chi connectivity index (χ1n) is 5.30. The van der Waals surface area contributed by atoms with E-state index in [-0.39, 0.29) is 25.0 Å². The van der Waals surface area contributed by atoms with Crippen LogP contribution in [0.5, 0.6) is 0 Å². The van der Waals surface area contributed by atoms with Gasteiger partial charge in [-0.05, 0) is 34.7 Å². The second-order valence-electron chi connectivity index (χ2n) is 4.56. The van der Waals surface area contributed by atoms with Crippen LogP contribution in [-0.2, 0) is 19.1 Å². The van der Waals surface area contributed by atoms with Gasteiger partial charge in [-0.2, -0.15) is 0 Å². The highest BCUT2D eigenvalue weighted by Gasteiger charge is 2.18. The third kappa shape index (κ3) is 8.23. The van der Waals surface area contributed by atoms with Gasteiger partial charge in [0, 0.05) is 0 Å². The fraction of sp³-hybridized carbons (Fsp3) is 0.818. The Morgan fingerprint density at radius 1 is 1.12 bits per heavy atom. The van der Waals surface area contributed by atoms with Crippen molar-refractivity contribution in [1.29, 1.82) is 0 Å². The summed E-state index contributed by atoms with van der Waals surface area (Å²) in [5.41, 5.74) is -0.498. The van der Waals surface area contributed by atoms with Gasteiger partial charge in [0.15, 0.2) is 0 Å². The fourth-order valence-corrected chi connectivity index (χ4v) is 1.08. The SMILES string of the molecule is CCOC(=O)CN(C)CC(=O)OC(C)(C)C. The summed E-state index contributed by atoms with van der Waals surface area (Å²) < 4.78 is 9.88. The standard InChI is InChI=1S/C11H21NO4/c1-6-15-9(13)7-12(5)8-10(14)16-11(2,3)4/h6-8H2,1-5H3. The minimum Gasteiger partial charge on any atom is -0.465 e. The minimum atomic E-state index is -0.498. The van der Waals surface area contributed by atoms with Crippen molar-refractivity contribution < 1.29 is 19.1 Å². The first-order chi connectivity index (χ1) is 7.24. The van der Waals surface area contributed by atoms with Crippen molar-refractivity contribution in [2.75, 3.05) is 26.7 Å². The number of likely N-dealkylation sites (N-methyl/N-ethyl adjacent to an activating group) is 1. The highest BCUT2D eigenvalue weighted by atomic mass is 16.6. The molecule has 0 aromatic rings. The number of rotatable bonds is 5. The molecule has 0 fully saturated rings. The van der Waals surface area contributed by atoms with E-state index in [0.29, 0.717) is 6.61 Å². The highest BCUT2D eigenvalue weighted by Crippen LogP contribution is 2.06. The van der Waals surface area contributed by atoms with Gasteiger partial charge in [-0.1, -0.05) is 0 Å². The predicted molar refractivity (Wildman–Crippen MR) is 60.0 cm³/mol. The first kappa shape index (κ1) is 14.9. The maximum absolute atomic E-state index is 11.4. The van der Waals surface area contributed by atoms with Crippen molar-refractivity contribution in [3.63, 3.8) is 0 Å². The third-order valence-electron chi connectivity index (χ3n) is 1.52. The highest BCUT2D eigenvalue weighted by molar-refractivity contribution is 5.75. The third-order valence-corrected chi connectivity index (χ3v) is 1.52. The van der Waals surface area contributed by atoms with E-state index < -0.39 is 5.60 Å². The summed E-state index contributed by atoms with van der Waals surface area (Å²) in [6.45, 7) is 7.66. The maximum Gasteiger partial charge on any atom is 0.320 e. The van der Waals surface area contributed by atoms with Crippen molar-refractivity contribution in [2.24, 2.45) is 0 Å². The molecule has 0 atom stereocenters. The molecule has 94 valence electrons. The summed E-state index contributed by atoms with van der Waals surface area (Å²) in [7, 11) is 1.67. The van der Waals surface area contributed by atoms with Crippen LogP contribution >= 0.6 is 0 Å². The van der Waals surface area contributed by atoms with Crippen molar-refractivity contribution in [3.8, 4) is 0 Å². The van der Waals surface area contributed by atoms with E-state index in [2.05, 4.69) is 0 Å². The first-order valence-corrected chi connectivity index (χ1v) is 5.30. The smallest absolute Gasteiger partial charge is 0.320 e. The Morgan fingerprint density at radius 2 is 1.62 bits per heavy atom. The minimum absolute atomic E-state index is 0.0794.